The molecule has 106 valence electrons. The summed E-state index contributed by atoms with van der Waals surface area (Å²) in [4.78, 5) is 12.1. The van der Waals surface area contributed by atoms with Crippen LogP contribution in [0.15, 0.2) is 0 Å². The normalized spacial score (nSPS) is 23.9. The van der Waals surface area contributed by atoms with Gasteiger partial charge in [0.1, 0.15) is 0 Å². The van der Waals surface area contributed by atoms with Gasteiger partial charge in [-0.15, -0.1) is 0 Å². The van der Waals surface area contributed by atoms with Crippen LogP contribution in [0.4, 0.5) is 5.69 Å². The average Bonchev–Trinajstić information content (AvgIpc) is 2.65. The molecule has 0 saturated heterocycles. The summed E-state index contributed by atoms with van der Waals surface area (Å²) in [5.74, 6) is -0.306. The molecule has 0 bridgehead atoms. The van der Waals surface area contributed by atoms with Gasteiger partial charge in [0.2, 0.25) is 0 Å². The first kappa shape index (κ1) is 13.9. The summed E-state index contributed by atoms with van der Waals surface area (Å²) in [5.41, 5.74) is 7.27. The number of H-pyrrole nitrogens is 1. The van der Waals surface area contributed by atoms with Crippen molar-refractivity contribution in [1.82, 2.24) is 15.5 Å². The molecule has 2 rings (SSSR count). The third-order valence-corrected chi connectivity index (χ3v) is 3.75. The Balaban J connectivity index is 2.05. The first-order valence-electron chi connectivity index (χ1n) is 6.95. The van der Waals surface area contributed by atoms with E-state index in [-0.39, 0.29) is 17.6 Å². The number of carbonyl (C=O) groups is 1. The van der Waals surface area contributed by atoms with E-state index in [0.29, 0.717) is 12.1 Å². The van der Waals surface area contributed by atoms with Crippen molar-refractivity contribution in [2.75, 3.05) is 5.73 Å². The minimum Gasteiger partial charge on any atom is -0.395 e. The summed E-state index contributed by atoms with van der Waals surface area (Å²) < 4.78 is 0. The number of aryl methyl sites for hydroxylation is 1. The van der Waals surface area contributed by atoms with E-state index in [1.54, 1.807) is 0 Å². The monoisotopic (exact) mass is 266 g/mol. The Bertz CT molecular complexity index is 444. The zero-order valence-corrected chi connectivity index (χ0v) is 11.3. The first-order chi connectivity index (χ1) is 9.13. The van der Waals surface area contributed by atoms with Gasteiger partial charge in [0.05, 0.1) is 23.5 Å². The summed E-state index contributed by atoms with van der Waals surface area (Å²) >= 11 is 0. The fourth-order valence-corrected chi connectivity index (χ4v) is 2.52. The molecule has 0 aromatic carbocycles. The summed E-state index contributed by atoms with van der Waals surface area (Å²) in [6, 6.07) is -0.198. The van der Waals surface area contributed by atoms with Crippen LogP contribution in [0, 0.1) is 0 Å². The molecule has 5 N–H and O–H groups in total. The highest BCUT2D eigenvalue weighted by molar-refractivity contribution is 5.97. The maximum absolute atomic E-state index is 12.1. The number of carbonyl (C=O) groups excluding carboxylic acids is 1. The van der Waals surface area contributed by atoms with E-state index in [9.17, 15) is 9.90 Å². The van der Waals surface area contributed by atoms with Crippen LogP contribution in [0.1, 0.15) is 55.2 Å². The molecule has 0 aliphatic heterocycles. The molecule has 1 aliphatic rings. The summed E-state index contributed by atoms with van der Waals surface area (Å²) in [6.07, 6.45) is 4.92. The maximum Gasteiger partial charge on any atom is 0.274 e. The molecular formula is C13H22N4O2. The van der Waals surface area contributed by atoms with Crippen molar-refractivity contribution in [2.45, 2.75) is 57.6 Å². The standard InChI is InChI=1S/C13H22N4O2/c1-2-8-11(14)12(17-16-8)13(19)15-9-6-4-3-5-7-10(9)18/h9-10,18H,2-7,14H2,1H3,(H,15,19)(H,16,17). The first-order valence-corrected chi connectivity index (χ1v) is 6.95. The molecule has 0 spiro atoms. The van der Waals surface area contributed by atoms with Crippen LogP contribution in [-0.2, 0) is 6.42 Å². The number of amides is 1. The number of aromatic nitrogens is 2. The fourth-order valence-electron chi connectivity index (χ4n) is 2.52. The number of nitrogens with two attached hydrogens (primary N) is 1. The molecule has 2 atom stereocenters. The Kier molecular flexibility index (Phi) is 4.42. The Hall–Kier alpha value is -1.56. The second-order valence-electron chi connectivity index (χ2n) is 5.10. The molecule has 1 aliphatic carbocycles. The van der Waals surface area contributed by atoms with Crippen molar-refractivity contribution in [3.8, 4) is 0 Å². The van der Waals surface area contributed by atoms with Crippen molar-refractivity contribution < 1.29 is 9.90 Å². The lowest BCUT2D eigenvalue weighted by Gasteiger charge is -2.21. The van der Waals surface area contributed by atoms with E-state index in [0.717, 1.165) is 37.8 Å². The minimum atomic E-state index is -0.475. The number of rotatable bonds is 3. The van der Waals surface area contributed by atoms with Crippen LogP contribution in [0.2, 0.25) is 0 Å². The van der Waals surface area contributed by atoms with E-state index in [1.807, 2.05) is 6.92 Å². The van der Waals surface area contributed by atoms with Crippen molar-refractivity contribution in [2.24, 2.45) is 0 Å². The highest BCUT2D eigenvalue weighted by atomic mass is 16.3. The SMILES string of the molecule is CCc1[nH]nc(C(=O)NC2CCCCCC2O)c1N. The van der Waals surface area contributed by atoms with Crippen LogP contribution in [-0.4, -0.2) is 33.4 Å². The third-order valence-electron chi connectivity index (χ3n) is 3.75. The van der Waals surface area contributed by atoms with Gasteiger partial charge in [-0.2, -0.15) is 5.10 Å². The Labute approximate surface area is 112 Å². The fraction of sp³-hybridized carbons (Fsp3) is 0.692. The Morgan fingerprint density at radius 3 is 2.89 bits per heavy atom. The number of hydrogen-bond donors (Lipinski definition) is 4. The lowest BCUT2D eigenvalue weighted by molar-refractivity contribution is 0.0815. The van der Waals surface area contributed by atoms with Crippen LogP contribution in [0.3, 0.4) is 0 Å². The topological polar surface area (TPSA) is 104 Å². The van der Waals surface area contributed by atoms with Crippen molar-refractivity contribution in [1.29, 1.82) is 0 Å². The van der Waals surface area contributed by atoms with Gasteiger partial charge >= 0.3 is 0 Å². The molecule has 0 radical (unpaired) electrons. The predicted octanol–water partition coefficient (Wildman–Crippen LogP) is 0.978. The van der Waals surface area contributed by atoms with Gasteiger partial charge < -0.3 is 16.2 Å². The van der Waals surface area contributed by atoms with Gasteiger partial charge in [-0.3, -0.25) is 9.89 Å². The molecule has 19 heavy (non-hydrogen) atoms. The molecule has 1 aromatic rings. The van der Waals surface area contributed by atoms with E-state index >= 15 is 0 Å². The van der Waals surface area contributed by atoms with E-state index in [2.05, 4.69) is 15.5 Å². The Morgan fingerprint density at radius 1 is 1.47 bits per heavy atom. The number of aliphatic hydroxyl groups excluding tert-OH is 1. The third kappa shape index (κ3) is 3.07. The molecule has 2 unspecified atom stereocenters. The highest BCUT2D eigenvalue weighted by Crippen LogP contribution is 2.19. The van der Waals surface area contributed by atoms with Crippen LogP contribution >= 0.6 is 0 Å². The van der Waals surface area contributed by atoms with Crippen molar-refractivity contribution >= 4 is 11.6 Å². The molecule has 6 heteroatoms. The van der Waals surface area contributed by atoms with Gasteiger partial charge in [0, 0.05) is 0 Å². The quantitative estimate of drug-likeness (QED) is 0.612. The smallest absolute Gasteiger partial charge is 0.274 e. The van der Waals surface area contributed by atoms with Crippen LogP contribution in [0.25, 0.3) is 0 Å². The number of nitrogens with zero attached hydrogens (tertiary/aromatic N) is 1. The zero-order valence-electron chi connectivity index (χ0n) is 11.3. The summed E-state index contributed by atoms with van der Waals surface area (Å²) in [7, 11) is 0. The van der Waals surface area contributed by atoms with Crippen molar-refractivity contribution in [3.63, 3.8) is 0 Å². The van der Waals surface area contributed by atoms with Gasteiger partial charge in [0.15, 0.2) is 5.69 Å². The van der Waals surface area contributed by atoms with Gasteiger partial charge in [-0.25, -0.2) is 0 Å². The van der Waals surface area contributed by atoms with E-state index in [4.69, 9.17) is 5.73 Å². The van der Waals surface area contributed by atoms with Gasteiger partial charge in [-0.1, -0.05) is 26.2 Å². The molecule has 1 heterocycles. The zero-order chi connectivity index (χ0) is 13.8. The molecule has 1 aromatic heterocycles. The largest absolute Gasteiger partial charge is 0.395 e. The van der Waals surface area contributed by atoms with Gasteiger partial charge in [-0.05, 0) is 19.3 Å². The van der Waals surface area contributed by atoms with Crippen LogP contribution < -0.4 is 11.1 Å². The maximum atomic E-state index is 12.1. The second kappa shape index (κ2) is 6.06. The number of aromatic amines is 1. The number of hydrogen-bond acceptors (Lipinski definition) is 4. The summed E-state index contributed by atoms with van der Waals surface area (Å²) in [6.45, 7) is 1.95. The molecule has 1 amide bonds. The van der Waals surface area contributed by atoms with Gasteiger partial charge in [0.25, 0.3) is 5.91 Å². The number of nitrogen functional groups attached to an aromatic ring is 1. The molecular weight excluding hydrogens is 244 g/mol. The summed E-state index contributed by atoms with van der Waals surface area (Å²) in [5, 5.41) is 19.6. The highest BCUT2D eigenvalue weighted by Gasteiger charge is 2.25. The average molecular weight is 266 g/mol. The van der Waals surface area contributed by atoms with E-state index < -0.39 is 6.10 Å². The molecule has 1 saturated carbocycles. The Morgan fingerprint density at radius 2 is 2.21 bits per heavy atom. The number of nitrogens with one attached hydrogen (secondary N) is 2. The second-order valence-corrected chi connectivity index (χ2v) is 5.10. The molecule has 6 nitrogen and oxygen atoms in total. The minimum absolute atomic E-state index is 0.198. The van der Waals surface area contributed by atoms with Crippen LogP contribution in [0.5, 0.6) is 0 Å². The lowest BCUT2D eigenvalue weighted by atomic mass is 10.1. The van der Waals surface area contributed by atoms with E-state index in [1.165, 1.54) is 0 Å². The lowest BCUT2D eigenvalue weighted by Crippen LogP contribution is -2.43. The number of anilines is 1. The molecule has 1 fully saturated rings. The van der Waals surface area contributed by atoms with Crippen molar-refractivity contribution in [3.05, 3.63) is 11.4 Å². The number of aliphatic hydroxyl groups is 1. The predicted molar refractivity (Wildman–Crippen MR) is 72.7 cm³/mol.